The van der Waals surface area contributed by atoms with Gasteiger partial charge in [0.25, 0.3) is 10.9 Å². The van der Waals surface area contributed by atoms with E-state index in [0.29, 0.717) is 6.42 Å². The molecule has 0 saturated heterocycles. The Labute approximate surface area is 114 Å². The molecule has 2 atom stereocenters. The smallest absolute Gasteiger partial charge is 0.854 e. The average Bonchev–Trinajstić information content (AvgIpc) is 2.72. The minimum Gasteiger partial charge on any atom is -0.854 e. The second kappa shape index (κ2) is 5.14. The van der Waals surface area contributed by atoms with Crippen molar-refractivity contribution in [1.82, 2.24) is 0 Å². The summed E-state index contributed by atoms with van der Waals surface area (Å²) in [6.07, 6.45) is 4.16. The van der Waals surface area contributed by atoms with E-state index >= 15 is 0 Å². The zero-order valence-corrected chi connectivity index (χ0v) is 10.9. The van der Waals surface area contributed by atoms with Crippen molar-refractivity contribution in [2.45, 2.75) is 12.5 Å². The zero-order valence-electron chi connectivity index (χ0n) is 8.90. The maximum absolute atomic E-state index is 11.0. The Hall–Kier alpha value is -0.620. The van der Waals surface area contributed by atoms with Crippen LogP contribution in [0.1, 0.15) is 6.42 Å². The van der Waals surface area contributed by atoms with E-state index < -0.39 is 16.6 Å². The minimum absolute atomic E-state index is 0. The number of aromatic hydroxyl groups is 1. The van der Waals surface area contributed by atoms with E-state index in [1.54, 1.807) is 12.2 Å². The van der Waals surface area contributed by atoms with Gasteiger partial charge >= 0.3 is 29.6 Å². The summed E-state index contributed by atoms with van der Waals surface area (Å²) in [7, 11) is 0. The van der Waals surface area contributed by atoms with Crippen LogP contribution in [0.25, 0.3) is 0 Å². The Bertz CT molecular complexity index is 475. The van der Waals surface area contributed by atoms with Crippen LogP contribution in [-0.4, -0.2) is 17.8 Å². The summed E-state index contributed by atoms with van der Waals surface area (Å²) in [6.45, 7) is -0.188. The molecule has 2 rings (SSSR count). The average molecular weight is 231 g/mol. The number of rotatable bonds is 3. The van der Waals surface area contributed by atoms with E-state index in [4.69, 9.17) is 5.11 Å². The Morgan fingerprint density at radius 2 is 2.06 bits per heavy atom. The van der Waals surface area contributed by atoms with Crippen LogP contribution in [0.4, 0.5) is 5.69 Å². The molecule has 1 aliphatic carbocycles. The van der Waals surface area contributed by atoms with Gasteiger partial charge in [-0.05, 0) is 12.3 Å². The summed E-state index contributed by atoms with van der Waals surface area (Å²) in [4.78, 5) is 21.7. The molecule has 16 heavy (non-hydrogen) atoms. The summed E-state index contributed by atoms with van der Waals surface area (Å²) in [6, 6.07) is -0.141. The van der Waals surface area contributed by atoms with Crippen LogP contribution in [0.3, 0.4) is 0 Å². The van der Waals surface area contributed by atoms with Crippen LogP contribution in [0.5, 0.6) is 5.75 Å². The van der Waals surface area contributed by atoms with Crippen LogP contribution >= 0.6 is 0 Å². The molecule has 6 heteroatoms. The second-order valence-electron chi connectivity index (χ2n) is 3.68. The minimum atomic E-state index is -0.847. The molecule has 0 aromatic heterocycles. The first-order valence-electron chi connectivity index (χ1n) is 4.68. The van der Waals surface area contributed by atoms with E-state index in [-0.39, 0.29) is 53.8 Å². The molecular formula is C10H10NNaO4. The van der Waals surface area contributed by atoms with Crippen molar-refractivity contribution in [1.29, 1.82) is 0 Å². The molecule has 0 saturated carbocycles. The van der Waals surface area contributed by atoms with Gasteiger partial charge in [-0.2, -0.15) is 0 Å². The van der Waals surface area contributed by atoms with Crippen molar-refractivity contribution in [2.24, 2.45) is 5.92 Å². The summed E-state index contributed by atoms with van der Waals surface area (Å²) in [5.74, 6) is -0.532. The zero-order chi connectivity index (χ0) is 11.0. The fourth-order valence-corrected chi connectivity index (χ4v) is 1.70. The molecule has 0 spiro atoms. The first-order valence-corrected chi connectivity index (χ1v) is 4.68. The number of nitrogens with one attached hydrogen (secondary N) is 1. The monoisotopic (exact) mass is 231 g/mol. The van der Waals surface area contributed by atoms with Crippen molar-refractivity contribution in [3.8, 4) is 5.75 Å². The first kappa shape index (κ1) is 13.4. The van der Waals surface area contributed by atoms with Gasteiger partial charge in [0.05, 0.1) is 0 Å². The maximum Gasteiger partial charge on any atom is 1.00 e. The third kappa shape index (κ3) is 2.22. The van der Waals surface area contributed by atoms with E-state index in [1.165, 1.54) is 0 Å². The van der Waals surface area contributed by atoms with Crippen LogP contribution in [-0.2, 0) is 0 Å². The van der Waals surface area contributed by atoms with Gasteiger partial charge in [0, 0.05) is 6.04 Å². The van der Waals surface area contributed by atoms with Gasteiger partial charge in [0.2, 0.25) is 0 Å². The van der Waals surface area contributed by atoms with Crippen LogP contribution in [0.15, 0.2) is 21.7 Å². The molecule has 80 valence electrons. The molecule has 0 amide bonds. The van der Waals surface area contributed by atoms with E-state index in [1.807, 2.05) is 0 Å². The molecular weight excluding hydrogens is 221 g/mol. The number of anilines is 1. The molecule has 1 aromatic carbocycles. The summed E-state index contributed by atoms with van der Waals surface area (Å²) >= 11 is 0. The third-order valence-corrected chi connectivity index (χ3v) is 2.60. The fraction of sp³-hybridized carbons (Fsp3) is 0.400. The predicted octanol–water partition coefficient (Wildman–Crippen LogP) is -4.29. The molecule has 0 fully saturated rings. The van der Waals surface area contributed by atoms with Gasteiger partial charge in [0.1, 0.15) is 5.69 Å². The predicted molar refractivity (Wildman–Crippen MR) is 52.5 cm³/mol. The molecule has 0 heterocycles. The van der Waals surface area contributed by atoms with Crippen molar-refractivity contribution < 1.29 is 39.8 Å². The fourth-order valence-electron chi connectivity index (χ4n) is 1.70. The van der Waals surface area contributed by atoms with Crippen molar-refractivity contribution in [3.05, 3.63) is 32.6 Å². The van der Waals surface area contributed by atoms with E-state index in [2.05, 4.69) is 5.32 Å². The molecule has 0 unspecified atom stereocenters. The molecule has 0 aliphatic heterocycles. The standard InChI is InChI=1S/C10H10NO4.Na/c12-4-5-1-2-6(3-5)11-7-8(13)10(15)9(7)14;/h1-2,5-6,11,13H,3-4H2;/q-1;+1/t5-,6+;/m1./s1. The van der Waals surface area contributed by atoms with Gasteiger partial charge < -0.3 is 15.5 Å². The van der Waals surface area contributed by atoms with Crippen LogP contribution < -0.4 is 50.8 Å². The first-order chi connectivity index (χ1) is 7.13. The SMILES string of the molecule is O=c1c(O)c(N[C@H]2C=C[C@@H](C[O-])C2)c1=O.[Na+]. The molecule has 0 bridgehead atoms. The van der Waals surface area contributed by atoms with Gasteiger partial charge in [-0.3, -0.25) is 9.59 Å². The molecule has 5 nitrogen and oxygen atoms in total. The normalized spacial score (nSPS) is 23.3. The molecule has 1 aliphatic rings. The third-order valence-electron chi connectivity index (χ3n) is 2.60. The Morgan fingerprint density at radius 3 is 2.56 bits per heavy atom. The maximum atomic E-state index is 11.0. The summed E-state index contributed by atoms with van der Waals surface area (Å²) in [5.41, 5.74) is -1.56. The Kier molecular flexibility index (Phi) is 4.32. The second-order valence-corrected chi connectivity index (χ2v) is 3.68. The number of hydrogen-bond acceptors (Lipinski definition) is 5. The molecule has 2 N–H and O–H groups in total. The number of hydrogen-bond donors (Lipinski definition) is 2. The van der Waals surface area contributed by atoms with Crippen molar-refractivity contribution in [2.75, 3.05) is 11.9 Å². The largest absolute Gasteiger partial charge is 1.00 e. The summed E-state index contributed by atoms with van der Waals surface area (Å²) < 4.78 is 0. The van der Waals surface area contributed by atoms with E-state index in [0.717, 1.165) is 0 Å². The van der Waals surface area contributed by atoms with Gasteiger partial charge in [-0.15, -0.1) is 6.61 Å². The van der Waals surface area contributed by atoms with Crippen LogP contribution in [0, 0.1) is 5.92 Å². The van der Waals surface area contributed by atoms with Gasteiger partial charge in [0.15, 0.2) is 5.75 Å². The van der Waals surface area contributed by atoms with E-state index in [9.17, 15) is 14.7 Å². The van der Waals surface area contributed by atoms with Crippen LogP contribution in [0.2, 0.25) is 0 Å². The summed E-state index contributed by atoms with van der Waals surface area (Å²) in [5, 5.41) is 22.4. The topological polar surface area (TPSA) is 89.5 Å². The quantitative estimate of drug-likeness (QED) is 0.312. The van der Waals surface area contributed by atoms with Crippen molar-refractivity contribution >= 4 is 5.69 Å². The van der Waals surface area contributed by atoms with Gasteiger partial charge in [-0.1, -0.05) is 12.2 Å². The molecule has 0 radical (unpaired) electrons. The molecule has 1 aromatic rings. The Morgan fingerprint density at radius 1 is 1.38 bits per heavy atom. The van der Waals surface area contributed by atoms with Gasteiger partial charge in [-0.25, -0.2) is 0 Å². The Balaban J connectivity index is 0.00000128. The van der Waals surface area contributed by atoms with Crippen molar-refractivity contribution in [3.63, 3.8) is 0 Å².